The summed E-state index contributed by atoms with van der Waals surface area (Å²) in [4.78, 5) is 25.0. The van der Waals surface area contributed by atoms with Gasteiger partial charge in [-0.3, -0.25) is 9.59 Å². The van der Waals surface area contributed by atoms with Crippen molar-refractivity contribution in [2.24, 2.45) is 0 Å². The number of hydrogen-bond donors (Lipinski definition) is 0. The van der Waals surface area contributed by atoms with Crippen molar-refractivity contribution in [3.63, 3.8) is 0 Å². The predicted molar refractivity (Wildman–Crippen MR) is 65.0 cm³/mol. The van der Waals surface area contributed by atoms with Gasteiger partial charge in [0.25, 0.3) is 5.91 Å². The van der Waals surface area contributed by atoms with Crippen molar-refractivity contribution >= 4 is 23.2 Å². The van der Waals surface area contributed by atoms with Crippen LogP contribution in [0, 0.1) is 0 Å². The molecule has 0 spiro atoms. The van der Waals surface area contributed by atoms with Crippen LogP contribution in [0.3, 0.4) is 0 Å². The first kappa shape index (κ1) is 15.5. The fourth-order valence-corrected chi connectivity index (χ4v) is 1.92. The minimum atomic E-state index is -4.54. The normalized spacial score (nSPS) is 11.2. The number of nitrogens with zero attached hydrogens (tertiary/aromatic N) is 2. The second-order valence-electron chi connectivity index (χ2n) is 4.08. The van der Waals surface area contributed by atoms with Crippen molar-refractivity contribution < 1.29 is 22.8 Å². The molecule has 0 unspecified atom stereocenters. The quantitative estimate of drug-likeness (QED) is 0.850. The molecule has 0 aliphatic carbocycles. The van der Waals surface area contributed by atoms with E-state index < -0.39 is 31.1 Å². The van der Waals surface area contributed by atoms with Crippen LogP contribution >= 0.6 is 11.3 Å². The first-order valence-electron chi connectivity index (χ1n) is 5.29. The molecule has 2 amide bonds. The molecule has 0 fully saturated rings. The summed E-state index contributed by atoms with van der Waals surface area (Å²) in [5, 5.41) is 3.04. The Labute approximate surface area is 112 Å². The second kappa shape index (κ2) is 6.05. The van der Waals surface area contributed by atoms with Gasteiger partial charge < -0.3 is 9.80 Å². The minimum Gasteiger partial charge on any atom is -0.347 e. The van der Waals surface area contributed by atoms with Gasteiger partial charge in [-0.15, -0.1) is 0 Å². The Kier molecular flexibility index (Phi) is 4.93. The van der Waals surface area contributed by atoms with Gasteiger partial charge in [0.2, 0.25) is 5.91 Å². The zero-order chi connectivity index (χ0) is 14.6. The van der Waals surface area contributed by atoms with E-state index in [9.17, 15) is 22.8 Å². The number of thiophene rings is 1. The van der Waals surface area contributed by atoms with Crippen LogP contribution in [0.5, 0.6) is 0 Å². The number of amides is 2. The highest BCUT2D eigenvalue weighted by molar-refractivity contribution is 7.08. The fraction of sp³-hybridized carbons (Fsp3) is 0.455. The maximum absolute atomic E-state index is 12.4. The van der Waals surface area contributed by atoms with Crippen LogP contribution in [0.15, 0.2) is 16.8 Å². The molecule has 0 saturated carbocycles. The van der Waals surface area contributed by atoms with Crippen LogP contribution in [0.2, 0.25) is 0 Å². The average Bonchev–Trinajstić information content (AvgIpc) is 2.78. The zero-order valence-corrected chi connectivity index (χ0v) is 11.2. The molecular weight excluding hydrogens is 281 g/mol. The first-order valence-corrected chi connectivity index (χ1v) is 6.23. The van der Waals surface area contributed by atoms with E-state index in [2.05, 4.69) is 0 Å². The van der Waals surface area contributed by atoms with Crippen molar-refractivity contribution in [1.29, 1.82) is 0 Å². The van der Waals surface area contributed by atoms with E-state index in [1.807, 2.05) is 0 Å². The smallest absolute Gasteiger partial charge is 0.347 e. The summed E-state index contributed by atoms with van der Waals surface area (Å²) in [6, 6.07) is 1.43. The third kappa shape index (κ3) is 4.90. The number of carbonyl (C=O) groups excluding carboxylic acids is 2. The molecule has 1 aromatic rings. The van der Waals surface area contributed by atoms with Gasteiger partial charge in [-0.05, 0) is 11.4 Å². The van der Waals surface area contributed by atoms with Crippen molar-refractivity contribution in [3.8, 4) is 0 Å². The predicted octanol–water partition coefficient (Wildman–Crippen LogP) is 1.84. The van der Waals surface area contributed by atoms with Crippen molar-refractivity contribution in [2.45, 2.75) is 6.18 Å². The third-order valence-corrected chi connectivity index (χ3v) is 2.93. The first-order chi connectivity index (χ1) is 8.70. The Morgan fingerprint density at radius 2 is 1.95 bits per heavy atom. The molecule has 0 atom stereocenters. The summed E-state index contributed by atoms with van der Waals surface area (Å²) in [6.45, 7) is -2.04. The lowest BCUT2D eigenvalue weighted by Crippen LogP contribution is -2.44. The molecule has 0 aliphatic heterocycles. The van der Waals surface area contributed by atoms with Crippen LogP contribution in [0.4, 0.5) is 13.2 Å². The molecule has 8 heteroatoms. The molecule has 0 N–H and O–H groups in total. The average molecular weight is 294 g/mol. The summed E-state index contributed by atoms with van der Waals surface area (Å²) in [6.07, 6.45) is -4.54. The van der Waals surface area contributed by atoms with Crippen LogP contribution in [0.25, 0.3) is 0 Å². The topological polar surface area (TPSA) is 40.6 Å². The summed E-state index contributed by atoms with van der Waals surface area (Å²) in [7, 11) is 2.84. The lowest BCUT2D eigenvalue weighted by molar-refractivity contribution is -0.146. The van der Waals surface area contributed by atoms with Gasteiger partial charge in [-0.25, -0.2) is 0 Å². The molecule has 0 aliphatic rings. The van der Waals surface area contributed by atoms with E-state index >= 15 is 0 Å². The van der Waals surface area contributed by atoms with Gasteiger partial charge in [0.05, 0.1) is 5.56 Å². The monoisotopic (exact) mass is 294 g/mol. The number of halogens is 3. The summed E-state index contributed by atoms with van der Waals surface area (Å²) < 4.78 is 37.3. The molecular formula is C11H13F3N2O2S. The van der Waals surface area contributed by atoms with E-state index in [1.165, 1.54) is 36.9 Å². The maximum Gasteiger partial charge on any atom is 0.406 e. The summed E-state index contributed by atoms with van der Waals surface area (Å²) in [5.41, 5.74) is 0.154. The molecule has 4 nitrogen and oxygen atoms in total. The van der Waals surface area contributed by atoms with Crippen molar-refractivity contribution in [3.05, 3.63) is 22.4 Å². The third-order valence-electron chi connectivity index (χ3n) is 2.25. The number of likely N-dealkylation sites (N-methyl/N-ethyl adjacent to an activating group) is 1. The standard InChI is InChI=1S/C11H13F3N2O2S/c1-15(2)9(17)5-16(7-11(12,13)14)10(18)8-3-4-19-6-8/h3-4,6H,5,7H2,1-2H3. The van der Waals surface area contributed by atoms with E-state index in [-0.39, 0.29) is 5.56 Å². The molecule has 19 heavy (non-hydrogen) atoms. The molecule has 1 heterocycles. The van der Waals surface area contributed by atoms with E-state index in [0.717, 1.165) is 4.90 Å². The van der Waals surface area contributed by atoms with E-state index in [0.29, 0.717) is 4.90 Å². The molecule has 1 aromatic heterocycles. The Balaban J connectivity index is 2.86. The Morgan fingerprint density at radius 3 is 2.37 bits per heavy atom. The van der Waals surface area contributed by atoms with Gasteiger partial charge in [-0.1, -0.05) is 0 Å². The second-order valence-corrected chi connectivity index (χ2v) is 4.86. The van der Waals surface area contributed by atoms with Gasteiger partial charge in [0.15, 0.2) is 0 Å². The Bertz CT molecular complexity index is 443. The number of carbonyl (C=O) groups is 2. The largest absolute Gasteiger partial charge is 0.406 e. The Hall–Kier alpha value is -1.57. The zero-order valence-electron chi connectivity index (χ0n) is 10.4. The molecule has 0 radical (unpaired) electrons. The number of rotatable bonds is 4. The van der Waals surface area contributed by atoms with E-state index in [1.54, 1.807) is 5.38 Å². The molecule has 1 rings (SSSR count). The highest BCUT2D eigenvalue weighted by atomic mass is 32.1. The lowest BCUT2D eigenvalue weighted by Gasteiger charge is -2.24. The highest BCUT2D eigenvalue weighted by Crippen LogP contribution is 2.19. The minimum absolute atomic E-state index is 0.154. The van der Waals surface area contributed by atoms with Crippen LogP contribution in [-0.2, 0) is 4.79 Å². The van der Waals surface area contributed by atoms with Crippen LogP contribution in [0.1, 0.15) is 10.4 Å². The number of hydrogen-bond acceptors (Lipinski definition) is 3. The lowest BCUT2D eigenvalue weighted by atomic mass is 10.3. The summed E-state index contributed by atoms with van der Waals surface area (Å²) in [5.74, 6) is -1.36. The van der Waals surface area contributed by atoms with Gasteiger partial charge in [0.1, 0.15) is 13.1 Å². The molecule has 0 saturated heterocycles. The molecule has 0 aromatic carbocycles. The SMILES string of the molecule is CN(C)C(=O)CN(CC(F)(F)F)C(=O)c1ccsc1. The highest BCUT2D eigenvalue weighted by Gasteiger charge is 2.34. The van der Waals surface area contributed by atoms with Gasteiger partial charge in [-0.2, -0.15) is 24.5 Å². The molecule has 106 valence electrons. The Morgan fingerprint density at radius 1 is 1.32 bits per heavy atom. The number of alkyl halides is 3. The van der Waals surface area contributed by atoms with Crippen molar-refractivity contribution in [2.75, 3.05) is 27.2 Å². The maximum atomic E-state index is 12.4. The summed E-state index contributed by atoms with van der Waals surface area (Å²) >= 11 is 1.20. The molecule has 0 bridgehead atoms. The fourth-order valence-electron chi connectivity index (χ4n) is 1.29. The van der Waals surface area contributed by atoms with E-state index in [4.69, 9.17) is 0 Å². The van der Waals surface area contributed by atoms with Gasteiger partial charge >= 0.3 is 6.18 Å². The van der Waals surface area contributed by atoms with Gasteiger partial charge in [0, 0.05) is 19.5 Å². The van der Waals surface area contributed by atoms with Crippen LogP contribution < -0.4 is 0 Å². The van der Waals surface area contributed by atoms with Crippen molar-refractivity contribution in [1.82, 2.24) is 9.80 Å². The van der Waals surface area contributed by atoms with Crippen LogP contribution in [-0.4, -0.2) is 55.0 Å².